The van der Waals surface area contributed by atoms with E-state index in [0.29, 0.717) is 19.6 Å². The Labute approximate surface area is 152 Å². The fourth-order valence-corrected chi connectivity index (χ4v) is 5.99. The Kier molecular flexibility index (Phi) is 5.50. The zero-order chi connectivity index (χ0) is 18.1. The molecule has 0 aromatic carbocycles. The molecule has 2 saturated heterocycles. The van der Waals surface area contributed by atoms with Gasteiger partial charge in [-0.05, 0) is 43.2 Å². The second-order valence-electron chi connectivity index (χ2n) is 7.19. The molecular weight excluding hydrogens is 362 g/mol. The van der Waals surface area contributed by atoms with Crippen molar-refractivity contribution in [1.29, 1.82) is 0 Å². The van der Waals surface area contributed by atoms with Gasteiger partial charge in [-0.25, -0.2) is 13.1 Å². The van der Waals surface area contributed by atoms with Crippen LogP contribution in [-0.4, -0.2) is 75.1 Å². The van der Waals surface area contributed by atoms with Crippen molar-refractivity contribution >= 4 is 27.3 Å². The van der Waals surface area contributed by atoms with Crippen LogP contribution in [0.25, 0.3) is 0 Å². The molecule has 25 heavy (non-hydrogen) atoms. The summed E-state index contributed by atoms with van der Waals surface area (Å²) in [6.07, 6.45) is 2.17. The first-order valence-electron chi connectivity index (χ1n) is 8.47. The smallest absolute Gasteiger partial charge is 0.250 e. The number of nitrogens with one attached hydrogen (secondary N) is 1. The molecule has 2 aliphatic rings. The standard InChI is InChI=1S/C16H25N3O4S2/c1-18-11-13(20)9-16(12-18)4-6-19(7-5-16)14(21)10-17-25(22,23)15-3-2-8-24-15/h2-3,8,13,17,20H,4-7,9-12H2,1H3. The van der Waals surface area contributed by atoms with Gasteiger partial charge in [0, 0.05) is 26.2 Å². The van der Waals surface area contributed by atoms with Gasteiger partial charge in [0.05, 0.1) is 12.6 Å². The summed E-state index contributed by atoms with van der Waals surface area (Å²) in [5, 5.41) is 11.7. The number of hydrogen-bond acceptors (Lipinski definition) is 6. The number of carbonyl (C=O) groups excluding carboxylic acids is 1. The van der Waals surface area contributed by atoms with Crippen molar-refractivity contribution in [1.82, 2.24) is 14.5 Å². The van der Waals surface area contributed by atoms with E-state index in [1.807, 2.05) is 7.05 Å². The molecule has 3 rings (SSSR count). The van der Waals surface area contributed by atoms with Crippen LogP contribution >= 0.6 is 11.3 Å². The van der Waals surface area contributed by atoms with E-state index < -0.39 is 10.0 Å². The highest BCUT2D eigenvalue weighted by atomic mass is 32.2. The lowest BCUT2D eigenvalue weighted by atomic mass is 9.72. The number of likely N-dealkylation sites (N-methyl/N-ethyl adjacent to an activating group) is 1. The van der Waals surface area contributed by atoms with E-state index in [1.54, 1.807) is 16.3 Å². The summed E-state index contributed by atoms with van der Waals surface area (Å²) in [5.41, 5.74) is 0.0691. The predicted molar refractivity (Wildman–Crippen MR) is 95.9 cm³/mol. The van der Waals surface area contributed by atoms with Crippen LogP contribution in [0.4, 0.5) is 0 Å². The van der Waals surface area contributed by atoms with Gasteiger partial charge in [0.15, 0.2) is 0 Å². The van der Waals surface area contributed by atoms with Gasteiger partial charge in [-0.2, -0.15) is 0 Å². The highest BCUT2D eigenvalue weighted by molar-refractivity contribution is 7.91. The molecule has 0 saturated carbocycles. The molecule has 2 fully saturated rings. The Balaban J connectivity index is 1.52. The van der Waals surface area contributed by atoms with E-state index in [-0.39, 0.29) is 28.2 Å². The van der Waals surface area contributed by atoms with Crippen molar-refractivity contribution in [2.75, 3.05) is 39.8 Å². The van der Waals surface area contributed by atoms with Crippen molar-refractivity contribution in [2.45, 2.75) is 29.6 Å². The van der Waals surface area contributed by atoms with Crippen LogP contribution in [0.1, 0.15) is 19.3 Å². The van der Waals surface area contributed by atoms with Crippen molar-refractivity contribution in [3.05, 3.63) is 17.5 Å². The molecule has 1 unspecified atom stereocenters. The lowest BCUT2D eigenvalue weighted by Gasteiger charge is -2.48. The second kappa shape index (κ2) is 7.32. The van der Waals surface area contributed by atoms with Crippen LogP contribution < -0.4 is 4.72 Å². The number of piperidine rings is 2. The summed E-state index contributed by atoms with van der Waals surface area (Å²) < 4.78 is 26.8. The van der Waals surface area contributed by atoms with Gasteiger partial charge in [-0.3, -0.25) is 4.79 Å². The molecule has 2 aliphatic heterocycles. The summed E-state index contributed by atoms with van der Waals surface area (Å²) >= 11 is 1.13. The van der Waals surface area contributed by atoms with Gasteiger partial charge in [0.25, 0.3) is 10.0 Å². The molecule has 1 amide bonds. The molecule has 1 aromatic heterocycles. The van der Waals surface area contributed by atoms with Crippen LogP contribution in [0.2, 0.25) is 0 Å². The first kappa shape index (κ1) is 18.8. The van der Waals surface area contributed by atoms with Crippen LogP contribution in [0, 0.1) is 5.41 Å². The number of amides is 1. The number of aliphatic hydroxyl groups excluding tert-OH is 1. The monoisotopic (exact) mass is 387 g/mol. The zero-order valence-electron chi connectivity index (χ0n) is 14.3. The van der Waals surface area contributed by atoms with Crippen molar-refractivity contribution in [3.63, 3.8) is 0 Å². The first-order valence-corrected chi connectivity index (χ1v) is 10.8. The Morgan fingerprint density at radius 3 is 2.76 bits per heavy atom. The van der Waals surface area contributed by atoms with E-state index >= 15 is 0 Å². The zero-order valence-corrected chi connectivity index (χ0v) is 16.0. The summed E-state index contributed by atoms with van der Waals surface area (Å²) in [5.74, 6) is -0.195. The Morgan fingerprint density at radius 1 is 1.44 bits per heavy atom. The van der Waals surface area contributed by atoms with E-state index in [9.17, 15) is 18.3 Å². The summed E-state index contributed by atoms with van der Waals surface area (Å²) in [6, 6.07) is 3.19. The first-order chi connectivity index (χ1) is 11.8. The largest absolute Gasteiger partial charge is 0.392 e. The van der Waals surface area contributed by atoms with Gasteiger partial charge in [0.1, 0.15) is 4.21 Å². The lowest BCUT2D eigenvalue weighted by molar-refractivity contribution is -0.133. The molecule has 0 aliphatic carbocycles. The minimum absolute atomic E-state index is 0.0691. The predicted octanol–water partition coefficient (Wildman–Crippen LogP) is 0.332. The van der Waals surface area contributed by atoms with Crippen LogP contribution in [-0.2, 0) is 14.8 Å². The quantitative estimate of drug-likeness (QED) is 0.777. The van der Waals surface area contributed by atoms with Crippen LogP contribution in [0.15, 0.2) is 21.7 Å². The average molecular weight is 388 g/mol. The Hall–Kier alpha value is -1.00. The number of rotatable bonds is 4. The Bertz CT molecular complexity index is 685. The molecule has 140 valence electrons. The maximum Gasteiger partial charge on any atom is 0.250 e. The molecule has 1 aromatic rings. The fraction of sp³-hybridized carbons (Fsp3) is 0.688. The third-order valence-electron chi connectivity index (χ3n) is 5.15. The van der Waals surface area contributed by atoms with Crippen molar-refractivity contribution in [2.24, 2.45) is 5.41 Å². The van der Waals surface area contributed by atoms with Crippen molar-refractivity contribution < 1.29 is 18.3 Å². The lowest BCUT2D eigenvalue weighted by Crippen LogP contribution is -2.54. The van der Waals surface area contributed by atoms with Gasteiger partial charge in [0.2, 0.25) is 5.91 Å². The van der Waals surface area contributed by atoms with Gasteiger partial charge >= 0.3 is 0 Å². The highest BCUT2D eigenvalue weighted by Crippen LogP contribution is 2.39. The van der Waals surface area contributed by atoms with Crippen molar-refractivity contribution in [3.8, 4) is 0 Å². The number of carbonyl (C=O) groups is 1. The molecule has 7 nitrogen and oxygen atoms in total. The molecular formula is C16H25N3O4S2. The molecule has 2 N–H and O–H groups in total. The average Bonchev–Trinajstić information content (AvgIpc) is 3.07. The molecule has 0 radical (unpaired) electrons. The minimum Gasteiger partial charge on any atom is -0.392 e. The highest BCUT2D eigenvalue weighted by Gasteiger charge is 2.41. The van der Waals surface area contributed by atoms with E-state index in [2.05, 4.69) is 9.62 Å². The third-order valence-corrected chi connectivity index (χ3v) is 7.95. The Morgan fingerprint density at radius 2 is 2.16 bits per heavy atom. The van der Waals surface area contributed by atoms with E-state index in [1.165, 1.54) is 6.07 Å². The van der Waals surface area contributed by atoms with E-state index in [0.717, 1.165) is 37.1 Å². The molecule has 1 spiro atoms. The molecule has 9 heteroatoms. The number of aliphatic hydroxyl groups is 1. The normalized spacial score (nSPS) is 24.6. The second-order valence-corrected chi connectivity index (χ2v) is 10.1. The molecule has 3 heterocycles. The van der Waals surface area contributed by atoms with Crippen LogP contribution in [0.3, 0.4) is 0 Å². The minimum atomic E-state index is -3.61. The number of β-amino-alcohol motifs (C(OH)–C–C–N with tert-alkyl or cyclic N) is 1. The number of nitrogens with zero attached hydrogens (tertiary/aromatic N) is 2. The van der Waals surface area contributed by atoms with E-state index in [4.69, 9.17) is 0 Å². The van der Waals surface area contributed by atoms with Gasteiger partial charge in [-0.1, -0.05) is 6.07 Å². The molecule has 1 atom stereocenters. The van der Waals surface area contributed by atoms with Crippen LogP contribution in [0.5, 0.6) is 0 Å². The topological polar surface area (TPSA) is 89.9 Å². The summed E-state index contributed by atoms with van der Waals surface area (Å²) in [6.45, 7) is 2.65. The maximum atomic E-state index is 12.4. The fourth-order valence-electron chi connectivity index (χ4n) is 3.97. The summed E-state index contributed by atoms with van der Waals surface area (Å²) in [7, 11) is -1.60. The SMILES string of the molecule is CN1CC(O)CC2(CCN(C(=O)CNS(=O)(=O)c3cccs3)CC2)C1. The number of hydrogen-bond donors (Lipinski definition) is 2. The van der Waals surface area contributed by atoms with Gasteiger partial charge in [-0.15, -0.1) is 11.3 Å². The summed E-state index contributed by atoms with van der Waals surface area (Å²) in [4.78, 5) is 16.2. The van der Waals surface area contributed by atoms with Gasteiger partial charge < -0.3 is 14.9 Å². The number of likely N-dealkylation sites (tertiary alicyclic amines) is 2. The molecule has 0 bridgehead atoms. The number of sulfonamides is 1. The number of thiophene rings is 1. The maximum absolute atomic E-state index is 12.4. The third kappa shape index (κ3) is 4.40.